The van der Waals surface area contributed by atoms with Gasteiger partial charge in [0.15, 0.2) is 0 Å². The third kappa shape index (κ3) is 2.33. The Labute approximate surface area is 95.0 Å². The van der Waals surface area contributed by atoms with Gasteiger partial charge in [-0.2, -0.15) is 0 Å². The van der Waals surface area contributed by atoms with Gasteiger partial charge in [-0.15, -0.1) is 0 Å². The second-order valence-electron chi connectivity index (χ2n) is 4.25. The van der Waals surface area contributed by atoms with Crippen LogP contribution < -0.4 is 5.73 Å². The lowest BCUT2D eigenvalue weighted by Gasteiger charge is -2.23. The molecule has 1 heterocycles. The van der Waals surface area contributed by atoms with Crippen molar-refractivity contribution in [3.8, 4) is 0 Å². The Morgan fingerprint density at radius 1 is 1.56 bits per heavy atom. The van der Waals surface area contributed by atoms with Crippen molar-refractivity contribution < 1.29 is 9.13 Å². The number of benzene rings is 1. The van der Waals surface area contributed by atoms with E-state index in [2.05, 4.69) is 4.90 Å². The number of hydrogen-bond donors (Lipinski definition) is 1. The largest absolute Gasteiger partial charge is 0.396 e. The van der Waals surface area contributed by atoms with Crippen LogP contribution in [0, 0.1) is 5.82 Å². The fraction of sp³-hybridized carbons (Fsp3) is 0.500. The van der Waals surface area contributed by atoms with E-state index in [-0.39, 0.29) is 11.5 Å². The molecule has 1 aliphatic rings. The van der Waals surface area contributed by atoms with Gasteiger partial charge in [0.25, 0.3) is 0 Å². The molecule has 1 atom stereocenters. The summed E-state index contributed by atoms with van der Waals surface area (Å²) in [6.45, 7) is 2.23. The minimum Gasteiger partial charge on any atom is -0.396 e. The number of anilines is 1. The van der Waals surface area contributed by atoms with Gasteiger partial charge in [0, 0.05) is 19.2 Å². The number of rotatable bonds is 3. The number of nitrogens with two attached hydrogens (primary N) is 1. The molecular formula is C12H17FN2O. The van der Waals surface area contributed by atoms with Gasteiger partial charge < -0.3 is 10.5 Å². The first kappa shape index (κ1) is 11.4. The van der Waals surface area contributed by atoms with Gasteiger partial charge in [-0.3, -0.25) is 4.90 Å². The summed E-state index contributed by atoms with van der Waals surface area (Å²) in [6.07, 6.45) is 1.03. The van der Waals surface area contributed by atoms with Gasteiger partial charge in [0.2, 0.25) is 0 Å². The maximum Gasteiger partial charge on any atom is 0.146 e. The van der Waals surface area contributed by atoms with E-state index < -0.39 is 0 Å². The van der Waals surface area contributed by atoms with Crippen LogP contribution in [0.4, 0.5) is 10.1 Å². The third-order valence-corrected chi connectivity index (χ3v) is 3.09. The Morgan fingerprint density at radius 2 is 2.38 bits per heavy atom. The Morgan fingerprint density at radius 3 is 3.06 bits per heavy atom. The standard InChI is InChI=1S/C12H17FN2O/c1-15(10-5-6-16-8-10)7-9-3-2-4-11(13)12(9)14/h2-4,10H,5-8,14H2,1H3. The van der Waals surface area contributed by atoms with Crippen molar-refractivity contribution in [3.05, 3.63) is 29.6 Å². The molecule has 1 aliphatic heterocycles. The first-order valence-electron chi connectivity index (χ1n) is 5.49. The normalized spacial score (nSPS) is 20.6. The van der Waals surface area contributed by atoms with Crippen LogP contribution in [0.15, 0.2) is 18.2 Å². The van der Waals surface area contributed by atoms with E-state index in [0.717, 1.165) is 25.2 Å². The zero-order chi connectivity index (χ0) is 11.5. The summed E-state index contributed by atoms with van der Waals surface area (Å²) >= 11 is 0. The van der Waals surface area contributed by atoms with E-state index in [1.165, 1.54) is 6.07 Å². The van der Waals surface area contributed by atoms with Crippen LogP contribution in [0.1, 0.15) is 12.0 Å². The molecular weight excluding hydrogens is 207 g/mol. The molecule has 1 saturated heterocycles. The monoisotopic (exact) mass is 224 g/mol. The summed E-state index contributed by atoms with van der Waals surface area (Å²) in [6, 6.07) is 5.37. The molecule has 3 nitrogen and oxygen atoms in total. The lowest BCUT2D eigenvalue weighted by Crippen LogP contribution is -2.31. The molecule has 1 unspecified atom stereocenters. The second-order valence-corrected chi connectivity index (χ2v) is 4.25. The Kier molecular flexibility index (Phi) is 3.41. The summed E-state index contributed by atoms with van der Waals surface area (Å²) < 4.78 is 18.6. The molecule has 0 radical (unpaired) electrons. The van der Waals surface area contributed by atoms with Crippen LogP contribution in [-0.2, 0) is 11.3 Å². The highest BCUT2D eigenvalue weighted by Gasteiger charge is 2.20. The van der Waals surface area contributed by atoms with Gasteiger partial charge in [-0.25, -0.2) is 4.39 Å². The van der Waals surface area contributed by atoms with Crippen molar-refractivity contribution in [2.75, 3.05) is 26.0 Å². The van der Waals surface area contributed by atoms with E-state index in [9.17, 15) is 4.39 Å². The molecule has 2 rings (SSSR count). The van der Waals surface area contributed by atoms with Crippen LogP contribution in [0.3, 0.4) is 0 Å². The molecule has 0 aliphatic carbocycles. The molecule has 16 heavy (non-hydrogen) atoms. The summed E-state index contributed by atoms with van der Waals surface area (Å²) in [5.41, 5.74) is 6.80. The third-order valence-electron chi connectivity index (χ3n) is 3.09. The molecule has 0 amide bonds. The Bertz CT molecular complexity index is 364. The Balaban J connectivity index is 2.05. The number of hydrogen-bond acceptors (Lipinski definition) is 3. The molecule has 2 N–H and O–H groups in total. The minimum absolute atomic E-state index is 0.258. The molecule has 0 bridgehead atoms. The first-order chi connectivity index (χ1) is 7.68. The van der Waals surface area contributed by atoms with Crippen molar-refractivity contribution in [1.29, 1.82) is 0 Å². The lowest BCUT2D eigenvalue weighted by molar-refractivity contribution is 0.156. The molecule has 88 valence electrons. The van der Waals surface area contributed by atoms with E-state index in [4.69, 9.17) is 10.5 Å². The summed E-state index contributed by atoms with van der Waals surface area (Å²) in [5, 5.41) is 0. The molecule has 0 spiro atoms. The van der Waals surface area contributed by atoms with Crippen LogP contribution in [0.2, 0.25) is 0 Å². The fourth-order valence-electron chi connectivity index (χ4n) is 1.99. The summed E-state index contributed by atoms with van der Waals surface area (Å²) in [5.74, 6) is -0.339. The smallest absolute Gasteiger partial charge is 0.146 e. The molecule has 0 aromatic heterocycles. The minimum atomic E-state index is -0.339. The predicted octanol–water partition coefficient (Wildman–Crippen LogP) is 1.63. The highest BCUT2D eigenvalue weighted by molar-refractivity contribution is 5.47. The molecule has 1 aromatic rings. The van der Waals surface area contributed by atoms with E-state index in [1.54, 1.807) is 6.07 Å². The average Bonchev–Trinajstić information content (AvgIpc) is 2.78. The Hall–Kier alpha value is -1.13. The van der Waals surface area contributed by atoms with Crippen LogP contribution >= 0.6 is 0 Å². The van der Waals surface area contributed by atoms with Crippen molar-refractivity contribution in [2.45, 2.75) is 19.0 Å². The molecule has 0 saturated carbocycles. The van der Waals surface area contributed by atoms with Crippen molar-refractivity contribution in [3.63, 3.8) is 0 Å². The number of nitrogen functional groups attached to an aromatic ring is 1. The highest BCUT2D eigenvalue weighted by atomic mass is 19.1. The number of nitrogens with zero attached hydrogens (tertiary/aromatic N) is 1. The van der Waals surface area contributed by atoms with Crippen molar-refractivity contribution in [1.82, 2.24) is 4.90 Å². The second kappa shape index (κ2) is 4.80. The van der Waals surface area contributed by atoms with Gasteiger partial charge >= 0.3 is 0 Å². The quantitative estimate of drug-likeness (QED) is 0.793. The lowest BCUT2D eigenvalue weighted by atomic mass is 10.1. The summed E-state index contributed by atoms with van der Waals surface area (Å²) in [4.78, 5) is 2.16. The summed E-state index contributed by atoms with van der Waals surface area (Å²) in [7, 11) is 2.02. The predicted molar refractivity (Wildman–Crippen MR) is 61.5 cm³/mol. The van der Waals surface area contributed by atoms with E-state index >= 15 is 0 Å². The fourth-order valence-corrected chi connectivity index (χ4v) is 1.99. The number of halogens is 1. The van der Waals surface area contributed by atoms with Crippen LogP contribution in [0.25, 0.3) is 0 Å². The topological polar surface area (TPSA) is 38.5 Å². The zero-order valence-corrected chi connectivity index (χ0v) is 9.45. The van der Waals surface area contributed by atoms with Gasteiger partial charge in [0.1, 0.15) is 5.82 Å². The van der Waals surface area contributed by atoms with Gasteiger partial charge in [0.05, 0.1) is 12.3 Å². The van der Waals surface area contributed by atoms with Gasteiger partial charge in [-0.1, -0.05) is 12.1 Å². The van der Waals surface area contributed by atoms with Gasteiger partial charge in [-0.05, 0) is 25.1 Å². The number of likely N-dealkylation sites (N-methyl/N-ethyl adjacent to an activating group) is 1. The first-order valence-corrected chi connectivity index (χ1v) is 5.49. The molecule has 1 fully saturated rings. The SMILES string of the molecule is CN(Cc1cccc(F)c1N)C1CCOC1. The highest BCUT2D eigenvalue weighted by Crippen LogP contribution is 2.20. The van der Waals surface area contributed by atoms with Crippen LogP contribution in [-0.4, -0.2) is 31.2 Å². The molecule has 1 aromatic carbocycles. The van der Waals surface area contributed by atoms with Crippen molar-refractivity contribution in [2.24, 2.45) is 0 Å². The zero-order valence-electron chi connectivity index (χ0n) is 9.45. The van der Waals surface area contributed by atoms with Crippen molar-refractivity contribution >= 4 is 5.69 Å². The van der Waals surface area contributed by atoms with E-state index in [0.29, 0.717) is 12.6 Å². The average molecular weight is 224 g/mol. The maximum atomic E-state index is 13.2. The van der Waals surface area contributed by atoms with Crippen LogP contribution in [0.5, 0.6) is 0 Å². The number of ether oxygens (including phenoxy) is 1. The number of para-hydroxylation sites is 1. The maximum absolute atomic E-state index is 13.2. The molecule has 4 heteroatoms. The van der Waals surface area contributed by atoms with E-state index in [1.807, 2.05) is 13.1 Å².